The van der Waals surface area contributed by atoms with Crippen LogP contribution in [-0.2, 0) is 47.5 Å². The molecule has 0 aromatic rings. The number of ether oxygens (including phenoxy) is 7. The van der Waals surface area contributed by atoms with Crippen LogP contribution in [-0.4, -0.2) is 158 Å². The molecule has 5 unspecified atom stereocenters. The molecule has 54 heavy (non-hydrogen) atoms. The van der Waals surface area contributed by atoms with E-state index in [1.807, 2.05) is 19.9 Å². The lowest BCUT2D eigenvalue weighted by Gasteiger charge is -2.46. The van der Waals surface area contributed by atoms with E-state index in [4.69, 9.17) is 33.2 Å². The van der Waals surface area contributed by atoms with Gasteiger partial charge in [0.25, 0.3) is 0 Å². The van der Waals surface area contributed by atoms with Crippen LogP contribution < -0.4 is 0 Å². The third-order valence-corrected chi connectivity index (χ3v) is 11.1. The van der Waals surface area contributed by atoms with Crippen LogP contribution in [0.15, 0.2) is 23.8 Å². The minimum absolute atomic E-state index is 0.0120. The normalized spacial score (nSPS) is 42.1. The van der Waals surface area contributed by atoms with Crippen molar-refractivity contribution >= 4 is 18.0 Å². The molecule has 0 aliphatic carbocycles. The number of aliphatic hydroxyl groups is 4. The smallest absolute Gasteiger partial charge is 0.308 e. The van der Waals surface area contributed by atoms with E-state index in [0.29, 0.717) is 12.0 Å². The van der Waals surface area contributed by atoms with Crippen LogP contribution in [0.3, 0.4) is 0 Å². The highest BCUT2D eigenvalue weighted by atomic mass is 16.7. The third-order valence-electron chi connectivity index (χ3n) is 11.1. The van der Waals surface area contributed by atoms with Crippen LogP contribution in [0.1, 0.15) is 67.2 Å². The maximum absolute atomic E-state index is 13.6. The fourth-order valence-corrected chi connectivity index (χ4v) is 7.76. The Bertz CT molecular complexity index is 1260. The lowest BCUT2D eigenvalue weighted by Crippen LogP contribution is -2.63. The zero-order valence-corrected chi connectivity index (χ0v) is 33.5. The number of ketones is 1. The van der Waals surface area contributed by atoms with E-state index >= 15 is 0 Å². The molecule has 2 fully saturated rings. The molecule has 0 aromatic carbocycles. The van der Waals surface area contributed by atoms with Gasteiger partial charge in [-0.05, 0) is 59.7 Å². The van der Waals surface area contributed by atoms with E-state index in [1.165, 1.54) is 20.3 Å². The van der Waals surface area contributed by atoms with Gasteiger partial charge in [0, 0.05) is 38.4 Å². The number of aldehydes is 1. The molecule has 15 heteroatoms. The predicted molar refractivity (Wildman–Crippen MR) is 196 cm³/mol. The first kappa shape index (κ1) is 46.2. The Morgan fingerprint density at radius 2 is 1.52 bits per heavy atom. The zero-order valence-electron chi connectivity index (χ0n) is 33.5. The number of methoxy groups -OCH3 is 2. The molecule has 0 amide bonds. The molecule has 17 atom stereocenters. The predicted octanol–water partition coefficient (Wildman–Crippen LogP) is 1.56. The Hall–Kier alpha value is -2.15. The van der Waals surface area contributed by atoms with E-state index in [9.17, 15) is 34.8 Å². The number of hydrogen-bond acceptors (Lipinski definition) is 15. The maximum atomic E-state index is 13.6. The van der Waals surface area contributed by atoms with E-state index in [1.54, 1.807) is 52.8 Å². The second-order valence-electron chi connectivity index (χ2n) is 15.4. The summed E-state index contributed by atoms with van der Waals surface area (Å²) in [4.78, 5) is 40.8. The summed E-state index contributed by atoms with van der Waals surface area (Å²) in [6.07, 6.45) is -5.36. The van der Waals surface area contributed by atoms with Gasteiger partial charge in [0.1, 0.15) is 36.8 Å². The van der Waals surface area contributed by atoms with Gasteiger partial charge in [-0.1, -0.05) is 38.5 Å². The summed E-state index contributed by atoms with van der Waals surface area (Å²) in [5.41, 5.74) is 0.701. The van der Waals surface area contributed by atoms with Crippen LogP contribution in [0.25, 0.3) is 0 Å². The highest BCUT2D eigenvalue weighted by Gasteiger charge is 2.48. The molecule has 0 radical (unpaired) electrons. The summed E-state index contributed by atoms with van der Waals surface area (Å²) in [5, 5.41) is 44.2. The van der Waals surface area contributed by atoms with Gasteiger partial charge >= 0.3 is 5.97 Å². The molecule has 0 bridgehead atoms. The van der Waals surface area contributed by atoms with Gasteiger partial charge in [0.05, 0.1) is 49.6 Å². The van der Waals surface area contributed by atoms with Crippen LogP contribution in [0, 0.1) is 23.7 Å². The number of rotatable bonds is 11. The van der Waals surface area contributed by atoms with Gasteiger partial charge in [0.15, 0.2) is 18.4 Å². The van der Waals surface area contributed by atoms with Gasteiger partial charge < -0.3 is 63.3 Å². The molecule has 0 aromatic heterocycles. The molecule has 3 aliphatic rings. The first-order valence-corrected chi connectivity index (χ1v) is 19.0. The minimum Gasteiger partial charge on any atom is -0.462 e. The Balaban J connectivity index is 1.96. The fraction of sp³-hybridized carbons (Fsp3) is 0.821. The zero-order chi connectivity index (χ0) is 40.4. The van der Waals surface area contributed by atoms with Gasteiger partial charge in [0.2, 0.25) is 0 Å². The average Bonchev–Trinajstić information content (AvgIpc) is 3.12. The second kappa shape index (κ2) is 21.4. The molecule has 3 rings (SSSR count). The van der Waals surface area contributed by atoms with Gasteiger partial charge in [-0.25, -0.2) is 0 Å². The summed E-state index contributed by atoms with van der Waals surface area (Å²) in [5.74, 6) is -3.37. The van der Waals surface area contributed by atoms with Crippen molar-refractivity contribution < 1.29 is 68.0 Å². The van der Waals surface area contributed by atoms with Crippen LogP contribution in [0.5, 0.6) is 0 Å². The van der Waals surface area contributed by atoms with Crippen molar-refractivity contribution in [1.82, 2.24) is 4.90 Å². The monoisotopic (exact) mass is 771 g/mol. The molecule has 4 N–H and O–H groups in total. The quantitative estimate of drug-likeness (QED) is 0.174. The van der Waals surface area contributed by atoms with E-state index in [2.05, 4.69) is 0 Å². The number of likely N-dealkylation sites (N-methyl/N-ethyl adjacent to an activating group) is 1. The Labute approximate surface area is 319 Å². The number of aliphatic hydroxyl groups excluding tert-OH is 4. The van der Waals surface area contributed by atoms with Gasteiger partial charge in [-0.3, -0.25) is 9.59 Å². The van der Waals surface area contributed by atoms with Crippen molar-refractivity contribution in [3.8, 4) is 0 Å². The van der Waals surface area contributed by atoms with E-state index in [-0.39, 0.29) is 25.2 Å². The van der Waals surface area contributed by atoms with E-state index in [0.717, 1.165) is 6.29 Å². The van der Waals surface area contributed by atoms with Crippen molar-refractivity contribution in [1.29, 1.82) is 0 Å². The molecular weight excluding hydrogens is 706 g/mol. The fourth-order valence-electron chi connectivity index (χ4n) is 7.76. The summed E-state index contributed by atoms with van der Waals surface area (Å²) in [6.45, 7) is 10.5. The Kier molecular flexibility index (Phi) is 18.3. The van der Waals surface area contributed by atoms with Gasteiger partial charge in [-0.15, -0.1) is 0 Å². The van der Waals surface area contributed by atoms with Crippen molar-refractivity contribution in [2.45, 2.75) is 147 Å². The topological polar surface area (TPSA) is 200 Å². The van der Waals surface area contributed by atoms with Crippen molar-refractivity contribution in [3.05, 3.63) is 23.8 Å². The van der Waals surface area contributed by atoms with Crippen molar-refractivity contribution in [3.63, 3.8) is 0 Å². The summed E-state index contributed by atoms with van der Waals surface area (Å²) < 4.78 is 41.6. The lowest BCUT2D eigenvalue weighted by molar-refractivity contribution is -0.304. The Morgan fingerprint density at radius 1 is 0.889 bits per heavy atom. The lowest BCUT2D eigenvalue weighted by atomic mass is 9.79. The molecule has 0 saturated carbocycles. The molecule has 3 heterocycles. The number of nitrogens with zero attached hydrogens (tertiary/aromatic N) is 1. The first-order valence-electron chi connectivity index (χ1n) is 19.0. The largest absolute Gasteiger partial charge is 0.462 e. The SMILES string of the molecule is CC[C@H]1OC(=O)C[C@@H](O)[C@H](C)[C@@H](O[C@@H]2OC(C)[C@@H](O)C(N(C)C)C2O)[C@@H](CC=O)C[C@@H](C)C(=O)C=CC(C)=C[C@@H]1CO[C@@H]1OC(C)[C@@H](O)[C@H](OC)C1OC. The standard InChI is InChI=1S/C39H65NO14/c1-11-29-26(19-50-39-37(49-10)36(48-9)33(46)24(6)52-39)16-20(2)12-13-27(42)21(3)17-25(14-15-41)35(22(4)28(43)18-30(44)53-29)54-38-34(47)31(40(7)8)32(45)23(5)51-38/h12-13,15-16,21-26,28-29,31-39,43,45-47H,11,14,17-19H2,1-10H3/t21-,22+,23?,24?,25+,26-,28-,29-,31?,32-,33-,34?,35-,36+,37?,38+,39-/m1/s1. The van der Waals surface area contributed by atoms with Crippen molar-refractivity contribution in [2.24, 2.45) is 23.7 Å². The molecule has 2 saturated heterocycles. The summed E-state index contributed by atoms with van der Waals surface area (Å²) in [7, 11) is 6.36. The minimum atomic E-state index is -1.31. The number of cyclic esters (lactones) is 1. The number of allylic oxidation sites excluding steroid dienone is 3. The number of hydrogen-bond donors (Lipinski definition) is 4. The van der Waals surface area contributed by atoms with Crippen LogP contribution in [0.2, 0.25) is 0 Å². The van der Waals surface area contributed by atoms with Crippen LogP contribution >= 0.6 is 0 Å². The number of esters is 1. The number of carbonyl (C=O) groups excluding carboxylic acids is 3. The molecule has 0 spiro atoms. The molecular formula is C39H65NO14. The average molecular weight is 772 g/mol. The highest BCUT2D eigenvalue weighted by molar-refractivity contribution is 5.91. The molecule has 310 valence electrons. The summed E-state index contributed by atoms with van der Waals surface area (Å²) in [6, 6.07) is -0.740. The van der Waals surface area contributed by atoms with E-state index < -0.39 is 116 Å². The van der Waals surface area contributed by atoms with Gasteiger partial charge in [-0.2, -0.15) is 0 Å². The maximum Gasteiger partial charge on any atom is 0.308 e. The summed E-state index contributed by atoms with van der Waals surface area (Å²) >= 11 is 0. The highest BCUT2D eigenvalue weighted by Crippen LogP contribution is 2.35. The van der Waals surface area contributed by atoms with Crippen LogP contribution in [0.4, 0.5) is 0 Å². The molecule has 3 aliphatic heterocycles. The first-order chi connectivity index (χ1) is 25.5. The molecule has 15 nitrogen and oxygen atoms in total. The number of carbonyl (C=O) groups is 3. The second-order valence-corrected chi connectivity index (χ2v) is 15.4. The Morgan fingerprint density at radius 3 is 2.11 bits per heavy atom. The third kappa shape index (κ3) is 11.7. The van der Waals surface area contributed by atoms with Crippen molar-refractivity contribution in [2.75, 3.05) is 34.9 Å².